The van der Waals surface area contributed by atoms with Gasteiger partial charge in [-0.15, -0.1) is 0 Å². The molecule has 5 aromatic rings. The molecular weight excluding hydrogens is 553 g/mol. The standard InChI is InChI=1S/C30H23Cl2N3O3S/c1-16-13-25-27(14-17(16)2)38-29(33-25)21-5-4-6-24(18(21)3)34-30(39)35-28(36)12-9-20-8-11-26(37-20)22-10-7-19(31)15-23(22)32/h4-15H,1-3H3,(H2,34,35,36,39)/b12-9+. The van der Waals surface area contributed by atoms with Crippen LogP contribution >= 0.6 is 35.4 Å². The lowest BCUT2D eigenvalue weighted by molar-refractivity contribution is -0.115. The Morgan fingerprint density at radius 1 is 0.949 bits per heavy atom. The van der Waals surface area contributed by atoms with Gasteiger partial charge in [-0.2, -0.15) is 0 Å². The lowest BCUT2D eigenvalue weighted by Gasteiger charge is -2.12. The zero-order valence-electron chi connectivity index (χ0n) is 21.3. The van der Waals surface area contributed by atoms with Gasteiger partial charge in [0.1, 0.15) is 17.0 Å². The molecule has 196 valence electrons. The Bertz CT molecular complexity index is 1730. The minimum absolute atomic E-state index is 0.154. The average Bonchev–Trinajstić information content (AvgIpc) is 3.51. The molecule has 0 unspecified atom stereocenters. The third kappa shape index (κ3) is 5.91. The van der Waals surface area contributed by atoms with E-state index in [0.29, 0.717) is 33.0 Å². The number of aromatic nitrogens is 1. The zero-order chi connectivity index (χ0) is 27.7. The van der Waals surface area contributed by atoms with E-state index < -0.39 is 5.91 Å². The Balaban J connectivity index is 1.25. The maximum absolute atomic E-state index is 12.5. The predicted octanol–water partition coefficient (Wildman–Crippen LogP) is 8.51. The molecule has 2 N–H and O–H groups in total. The summed E-state index contributed by atoms with van der Waals surface area (Å²) in [7, 11) is 0. The molecule has 0 atom stereocenters. The highest BCUT2D eigenvalue weighted by atomic mass is 35.5. The number of nitrogens with zero attached hydrogens (tertiary/aromatic N) is 1. The summed E-state index contributed by atoms with van der Waals surface area (Å²) in [6.07, 6.45) is 2.89. The lowest BCUT2D eigenvalue weighted by atomic mass is 10.1. The van der Waals surface area contributed by atoms with Crippen LogP contribution in [0, 0.1) is 20.8 Å². The van der Waals surface area contributed by atoms with Gasteiger partial charge in [0.05, 0.1) is 5.02 Å². The van der Waals surface area contributed by atoms with E-state index in [1.165, 1.54) is 6.08 Å². The molecule has 9 heteroatoms. The summed E-state index contributed by atoms with van der Waals surface area (Å²) < 4.78 is 11.8. The average molecular weight is 577 g/mol. The van der Waals surface area contributed by atoms with Crippen molar-refractivity contribution < 1.29 is 13.6 Å². The van der Waals surface area contributed by atoms with Crippen LogP contribution in [-0.2, 0) is 4.79 Å². The molecule has 0 spiro atoms. The second-order valence-corrected chi connectivity index (χ2v) is 10.3. The van der Waals surface area contributed by atoms with Crippen LogP contribution < -0.4 is 10.6 Å². The number of hydrogen-bond acceptors (Lipinski definition) is 5. The Morgan fingerprint density at radius 3 is 2.54 bits per heavy atom. The zero-order valence-corrected chi connectivity index (χ0v) is 23.6. The third-order valence-corrected chi connectivity index (χ3v) is 7.03. The molecule has 5 rings (SSSR count). The monoisotopic (exact) mass is 575 g/mol. The summed E-state index contributed by atoms with van der Waals surface area (Å²) >= 11 is 17.6. The van der Waals surface area contributed by atoms with Crippen LogP contribution in [0.3, 0.4) is 0 Å². The number of rotatable bonds is 5. The summed E-state index contributed by atoms with van der Waals surface area (Å²) in [5.74, 6) is 1.16. The van der Waals surface area contributed by atoms with Crippen LogP contribution in [0.25, 0.3) is 40.0 Å². The molecule has 1 amide bonds. The van der Waals surface area contributed by atoms with Gasteiger partial charge in [-0.1, -0.05) is 29.3 Å². The normalized spacial score (nSPS) is 11.3. The Hall–Kier alpha value is -3.91. The number of fused-ring (bicyclic) bond motifs is 1. The van der Waals surface area contributed by atoms with Crippen LogP contribution in [0.4, 0.5) is 5.69 Å². The highest BCUT2D eigenvalue weighted by Crippen LogP contribution is 2.33. The fourth-order valence-corrected chi connectivity index (χ4v) is 4.75. The molecule has 0 radical (unpaired) electrons. The SMILES string of the molecule is Cc1cc2nc(-c3cccc(NC(=S)NC(=O)/C=C/c4ccc(-c5ccc(Cl)cc5Cl)o4)c3C)oc2cc1C. The van der Waals surface area contributed by atoms with E-state index in [1.807, 2.05) is 51.1 Å². The van der Waals surface area contributed by atoms with E-state index in [9.17, 15) is 4.79 Å². The van der Waals surface area contributed by atoms with Gasteiger partial charge < -0.3 is 14.2 Å². The first-order valence-electron chi connectivity index (χ1n) is 12.0. The number of furan rings is 1. The molecule has 0 aliphatic rings. The van der Waals surface area contributed by atoms with E-state index in [-0.39, 0.29) is 5.11 Å². The molecule has 0 fully saturated rings. The number of oxazole rings is 1. The van der Waals surface area contributed by atoms with Gasteiger partial charge >= 0.3 is 0 Å². The van der Waals surface area contributed by atoms with E-state index in [2.05, 4.69) is 15.6 Å². The molecular formula is C30H23Cl2N3O3S. The van der Waals surface area contributed by atoms with Gasteiger partial charge in [-0.05, 0) is 110 Å². The number of aryl methyl sites for hydroxylation is 2. The van der Waals surface area contributed by atoms with Crippen molar-refractivity contribution >= 4 is 69.3 Å². The largest absolute Gasteiger partial charge is 0.457 e. The van der Waals surface area contributed by atoms with Crippen LogP contribution in [0.15, 0.2) is 75.6 Å². The topological polar surface area (TPSA) is 80.3 Å². The van der Waals surface area contributed by atoms with Gasteiger partial charge in [0.25, 0.3) is 0 Å². The number of hydrogen-bond donors (Lipinski definition) is 2. The summed E-state index contributed by atoms with van der Waals surface area (Å²) in [4.78, 5) is 17.2. The van der Waals surface area contributed by atoms with Gasteiger partial charge in [0, 0.05) is 27.9 Å². The minimum Gasteiger partial charge on any atom is -0.457 e. The van der Waals surface area contributed by atoms with E-state index in [4.69, 9.17) is 44.3 Å². The molecule has 0 saturated carbocycles. The second kappa shape index (κ2) is 11.1. The van der Waals surface area contributed by atoms with Crippen molar-refractivity contribution in [2.45, 2.75) is 20.8 Å². The van der Waals surface area contributed by atoms with Crippen molar-refractivity contribution in [2.24, 2.45) is 0 Å². The van der Waals surface area contributed by atoms with Gasteiger partial charge in [0.2, 0.25) is 11.8 Å². The predicted molar refractivity (Wildman–Crippen MR) is 161 cm³/mol. The number of nitrogens with one attached hydrogen (secondary N) is 2. The maximum atomic E-state index is 12.5. The highest BCUT2D eigenvalue weighted by Gasteiger charge is 2.15. The molecule has 39 heavy (non-hydrogen) atoms. The van der Waals surface area contributed by atoms with E-state index in [1.54, 1.807) is 36.4 Å². The minimum atomic E-state index is -0.409. The van der Waals surface area contributed by atoms with Crippen molar-refractivity contribution in [3.63, 3.8) is 0 Å². The molecule has 2 heterocycles. The van der Waals surface area contributed by atoms with Crippen LogP contribution in [0.2, 0.25) is 10.0 Å². The van der Waals surface area contributed by atoms with E-state index in [0.717, 1.165) is 39.0 Å². The number of carbonyl (C=O) groups is 1. The van der Waals surface area contributed by atoms with Crippen LogP contribution in [-0.4, -0.2) is 16.0 Å². The Labute approximate surface area is 240 Å². The molecule has 0 aliphatic heterocycles. The second-order valence-electron chi connectivity index (χ2n) is 9.00. The number of carbonyl (C=O) groups excluding carboxylic acids is 1. The smallest absolute Gasteiger partial charge is 0.250 e. The molecule has 6 nitrogen and oxygen atoms in total. The van der Waals surface area contributed by atoms with Crippen molar-refractivity contribution in [3.05, 3.63) is 99.2 Å². The molecule has 0 saturated heterocycles. The Morgan fingerprint density at radius 2 is 1.74 bits per heavy atom. The first kappa shape index (κ1) is 26.7. The number of halogens is 2. The van der Waals surface area contributed by atoms with Crippen LogP contribution in [0.1, 0.15) is 22.5 Å². The summed E-state index contributed by atoms with van der Waals surface area (Å²) in [6, 6.07) is 18.4. The number of thiocarbonyl (C=S) groups is 1. The van der Waals surface area contributed by atoms with Crippen molar-refractivity contribution in [1.29, 1.82) is 0 Å². The number of amides is 1. The third-order valence-electron chi connectivity index (χ3n) is 6.28. The summed E-state index contributed by atoms with van der Waals surface area (Å²) in [6.45, 7) is 6.03. The summed E-state index contributed by atoms with van der Waals surface area (Å²) in [5.41, 5.74) is 6.99. The quantitative estimate of drug-likeness (QED) is 0.161. The first-order chi connectivity index (χ1) is 18.7. The van der Waals surface area contributed by atoms with Crippen molar-refractivity contribution in [1.82, 2.24) is 10.3 Å². The summed E-state index contributed by atoms with van der Waals surface area (Å²) in [5, 5.41) is 6.90. The van der Waals surface area contributed by atoms with Crippen molar-refractivity contribution in [3.8, 4) is 22.8 Å². The highest BCUT2D eigenvalue weighted by molar-refractivity contribution is 7.80. The van der Waals surface area contributed by atoms with Gasteiger partial charge in [0.15, 0.2) is 10.7 Å². The van der Waals surface area contributed by atoms with Crippen LogP contribution in [0.5, 0.6) is 0 Å². The van der Waals surface area contributed by atoms with Gasteiger partial charge in [-0.25, -0.2) is 4.98 Å². The molecule has 2 aromatic heterocycles. The molecule has 3 aromatic carbocycles. The lowest BCUT2D eigenvalue weighted by Crippen LogP contribution is -2.33. The fraction of sp³-hybridized carbons (Fsp3) is 0.100. The molecule has 0 bridgehead atoms. The Kier molecular flexibility index (Phi) is 7.57. The number of anilines is 1. The van der Waals surface area contributed by atoms with Gasteiger partial charge in [-0.3, -0.25) is 10.1 Å². The van der Waals surface area contributed by atoms with E-state index >= 15 is 0 Å². The number of benzene rings is 3. The van der Waals surface area contributed by atoms with Crippen molar-refractivity contribution in [2.75, 3.05) is 5.32 Å². The molecule has 0 aliphatic carbocycles. The fourth-order valence-electron chi connectivity index (χ4n) is 4.04. The first-order valence-corrected chi connectivity index (χ1v) is 13.2. The maximum Gasteiger partial charge on any atom is 0.250 e.